The highest BCUT2D eigenvalue weighted by Crippen LogP contribution is 2.66. The maximum atomic E-state index is 13.4. The molecule has 4 saturated carbocycles. The number of amides is 1. The van der Waals surface area contributed by atoms with Gasteiger partial charge in [-0.2, -0.15) is 0 Å². The van der Waals surface area contributed by atoms with Crippen LogP contribution in [0.2, 0.25) is 5.02 Å². The number of carbonyl (C=O) groups excluding carboxylic acids is 1. The number of halogens is 1. The van der Waals surface area contributed by atoms with Gasteiger partial charge in [-0.15, -0.1) is 0 Å². The standard InChI is InChI=1S/C39H52ClN3O3S/c1-4-38-20-28-19-29(21-38)23-39(22-28,26-38)27-47(45,46)41-36(44)31-7-11-34(12-8-31)43-17-15-42(16-18-43)25-32-24-37(2,3)14-13-35(32)30-5-9-33(40)10-6-30/h5-12,28-29H,4,13-27H2,1-3H3,(H,41,44). The summed E-state index contributed by atoms with van der Waals surface area (Å²) in [5.74, 6) is 0.870. The van der Waals surface area contributed by atoms with Gasteiger partial charge in [-0.05, 0) is 133 Å². The first-order valence-electron chi connectivity index (χ1n) is 17.9. The van der Waals surface area contributed by atoms with Gasteiger partial charge in [0.1, 0.15) is 0 Å². The maximum Gasteiger partial charge on any atom is 0.264 e. The molecule has 6 aliphatic rings. The fraction of sp³-hybridized carbons (Fsp3) is 0.615. The van der Waals surface area contributed by atoms with Crippen molar-refractivity contribution < 1.29 is 13.2 Å². The number of nitrogens with one attached hydrogen (secondary N) is 1. The molecule has 2 unspecified atom stereocenters. The van der Waals surface area contributed by atoms with Gasteiger partial charge in [0, 0.05) is 49.0 Å². The molecule has 4 bridgehead atoms. The second-order valence-corrected chi connectivity index (χ2v) is 18.9. The van der Waals surface area contributed by atoms with Gasteiger partial charge >= 0.3 is 0 Å². The van der Waals surface area contributed by atoms with E-state index in [2.05, 4.69) is 47.4 Å². The number of hydrogen-bond donors (Lipinski definition) is 1. The highest BCUT2D eigenvalue weighted by Gasteiger charge is 2.58. The molecule has 0 aromatic heterocycles. The summed E-state index contributed by atoms with van der Waals surface area (Å²) in [6, 6.07) is 15.8. The molecule has 6 nitrogen and oxygen atoms in total. The van der Waals surface area contributed by atoms with Crippen LogP contribution < -0.4 is 9.62 Å². The molecular formula is C39H52ClN3O3S. The van der Waals surface area contributed by atoms with E-state index in [1.165, 1.54) is 36.8 Å². The molecule has 1 aliphatic heterocycles. The summed E-state index contributed by atoms with van der Waals surface area (Å²) in [4.78, 5) is 18.1. The predicted molar refractivity (Wildman–Crippen MR) is 192 cm³/mol. The van der Waals surface area contributed by atoms with E-state index in [-0.39, 0.29) is 11.2 Å². The molecule has 1 amide bonds. The summed E-state index contributed by atoms with van der Waals surface area (Å²) < 4.78 is 29.2. The van der Waals surface area contributed by atoms with Crippen LogP contribution in [0.4, 0.5) is 5.69 Å². The first-order chi connectivity index (χ1) is 22.3. The Morgan fingerprint density at radius 1 is 0.915 bits per heavy atom. The average molecular weight is 678 g/mol. The topological polar surface area (TPSA) is 69.7 Å². The molecule has 0 spiro atoms. The quantitative estimate of drug-likeness (QED) is 0.290. The van der Waals surface area contributed by atoms with E-state index in [0.29, 0.717) is 28.2 Å². The second-order valence-electron chi connectivity index (χ2n) is 16.7. The number of anilines is 1. The van der Waals surface area contributed by atoms with Gasteiger partial charge in [-0.25, -0.2) is 13.1 Å². The Labute approximate surface area is 287 Å². The van der Waals surface area contributed by atoms with Crippen molar-refractivity contribution in [2.45, 2.75) is 85.0 Å². The third kappa shape index (κ3) is 7.19. The molecule has 254 valence electrons. The highest BCUT2D eigenvalue weighted by atomic mass is 35.5. The molecule has 1 heterocycles. The minimum absolute atomic E-state index is 0.0818. The second kappa shape index (κ2) is 12.5. The summed E-state index contributed by atoms with van der Waals surface area (Å²) >= 11 is 6.19. The van der Waals surface area contributed by atoms with Crippen LogP contribution in [-0.2, 0) is 10.0 Å². The van der Waals surface area contributed by atoms with Crippen LogP contribution >= 0.6 is 11.6 Å². The number of rotatable bonds is 9. The van der Waals surface area contributed by atoms with Gasteiger partial charge < -0.3 is 4.90 Å². The fourth-order valence-corrected chi connectivity index (χ4v) is 12.4. The normalized spacial score (nSPS) is 30.5. The van der Waals surface area contributed by atoms with Crippen molar-refractivity contribution >= 4 is 38.8 Å². The van der Waals surface area contributed by atoms with Crippen molar-refractivity contribution in [3.8, 4) is 0 Å². The Balaban J connectivity index is 0.948. The third-order valence-corrected chi connectivity index (χ3v) is 14.2. The zero-order chi connectivity index (χ0) is 33.0. The summed E-state index contributed by atoms with van der Waals surface area (Å²) in [5.41, 5.74) is 6.27. The van der Waals surface area contributed by atoms with Gasteiger partial charge in [-0.3, -0.25) is 9.69 Å². The lowest BCUT2D eigenvalue weighted by atomic mass is 9.44. The molecule has 2 aromatic rings. The van der Waals surface area contributed by atoms with Crippen LogP contribution in [0, 0.1) is 28.1 Å². The highest BCUT2D eigenvalue weighted by molar-refractivity contribution is 7.90. The minimum atomic E-state index is -3.73. The predicted octanol–water partition coefficient (Wildman–Crippen LogP) is 8.18. The van der Waals surface area contributed by atoms with Crippen LogP contribution in [0.15, 0.2) is 54.1 Å². The number of carbonyl (C=O) groups is 1. The molecule has 8 heteroatoms. The van der Waals surface area contributed by atoms with Crippen LogP contribution in [-0.4, -0.2) is 57.7 Å². The van der Waals surface area contributed by atoms with E-state index >= 15 is 0 Å². The number of piperazine rings is 1. The molecule has 0 radical (unpaired) electrons. The molecule has 47 heavy (non-hydrogen) atoms. The van der Waals surface area contributed by atoms with Crippen LogP contribution in [0.25, 0.3) is 5.57 Å². The number of benzene rings is 2. The van der Waals surface area contributed by atoms with E-state index in [9.17, 15) is 13.2 Å². The first kappa shape index (κ1) is 33.2. The summed E-state index contributed by atoms with van der Waals surface area (Å²) in [6.07, 6.45) is 11.3. The van der Waals surface area contributed by atoms with Crippen LogP contribution in [0.5, 0.6) is 0 Å². The van der Waals surface area contributed by atoms with E-state index in [1.807, 2.05) is 24.3 Å². The molecule has 8 rings (SSSR count). The van der Waals surface area contributed by atoms with Crippen molar-refractivity contribution in [3.63, 3.8) is 0 Å². The molecular weight excluding hydrogens is 626 g/mol. The van der Waals surface area contributed by atoms with Gasteiger partial charge in [0.15, 0.2) is 0 Å². The van der Waals surface area contributed by atoms with Gasteiger partial charge in [0.25, 0.3) is 5.91 Å². The number of allylic oxidation sites excluding steroid dienone is 1. The Hall–Kier alpha value is -2.35. The first-order valence-corrected chi connectivity index (χ1v) is 19.9. The van der Waals surface area contributed by atoms with E-state index in [0.717, 1.165) is 82.0 Å². The van der Waals surface area contributed by atoms with E-state index in [1.54, 1.807) is 17.7 Å². The number of nitrogens with zero attached hydrogens (tertiary/aromatic N) is 2. The number of sulfonamides is 1. The monoisotopic (exact) mass is 677 g/mol. The largest absolute Gasteiger partial charge is 0.369 e. The van der Waals surface area contributed by atoms with Crippen molar-refractivity contribution in [1.29, 1.82) is 0 Å². The Kier molecular flexibility index (Phi) is 8.83. The van der Waals surface area contributed by atoms with E-state index < -0.39 is 15.9 Å². The Bertz CT molecular complexity index is 1610. The maximum absolute atomic E-state index is 13.4. The zero-order valence-electron chi connectivity index (χ0n) is 28.5. The molecule has 2 aromatic carbocycles. The van der Waals surface area contributed by atoms with Gasteiger partial charge in [0.2, 0.25) is 10.0 Å². The smallest absolute Gasteiger partial charge is 0.264 e. The molecule has 1 saturated heterocycles. The SMILES string of the molecule is CCC12CC3CC(C1)CC(CS(=O)(=O)NC(=O)c1ccc(N4CCN(CC5=C(c6ccc(Cl)cc6)CCC(C)(C)C5)CC4)cc1)(C3)C2. The Morgan fingerprint density at radius 2 is 1.55 bits per heavy atom. The lowest BCUT2D eigenvalue weighted by Gasteiger charge is -2.62. The fourth-order valence-electron chi connectivity index (χ4n) is 10.7. The third-order valence-electron chi connectivity index (χ3n) is 12.4. The van der Waals surface area contributed by atoms with E-state index in [4.69, 9.17) is 11.6 Å². The summed E-state index contributed by atoms with van der Waals surface area (Å²) in [5, 5.41) is 0.777. The lowest BCUT2D eigenvalue weighted by Crippen LogP contribution is -2.55. The molecule has 1 N–H and O–H groups in total. The molecule has 5 fully saturated rings. The van der Waals surface area contributed by atoms with Crippen molar-refractivity contribution in [1.82, 2.24) is 9.62 Å². The van der Waals surface area contributed by atoms with Crippen LogP contribution in [0.1, 0.15) is 101 Å². The Morgan fingerprint density at radius 3 is 2.19 bits per heavy atom. The van der Waals surface area contributed by atoms with Crippen molar-refractivity contribution in [2.24, 2.45) is 28.1 Å². The number of hydrogen-bond acceptors (Lipinski definition) is 5. The lowest BCUT2D eigenvalue weighted by molar-refractivity contribution is -0.101. The zero-order valence-corrected chi connectivity index (χ0v) is 30.1. The van der Waals surface area contributed by atoms with Gasteiger partial charge in [0.05, 0.1) is 5.75 Å². The summed E-state index contributed by atoms with van der Waals surface area (Å²) in [6.45, 7) is 11.8. The van der Waals surface area contributed by atoms with Crippen molar-refractivity contribution in [3.05, 3.63) is 70.3 Å². The average Bonchev–Trinajstić information content (AvgIpc) is 3.00. The summed E-state index contributed by atoms with van der Waals surface area (Å²) in [7, 11) is -3.73. The van der Waals surface area contributed by atoms with Crippen molar-refractivity contribution in [2.75, 3.05) is 43.4 Å². The minimum Gasteiger partial charge on any atom is -0.369 e. The molecule has 5 aliphatic carbocycles. The van der Waals surface area contributed by atoms with Crippen LogP contribution in [0.3, 0.4) is 0 Å². The van der Waals surface area contributed by atoms with Gasteiger partial charge in [-0.1, -0.05) is 56.5 Å². The molecule has 2 atom stereocenters.